The van der Waals surface area contributed by atoms with E-state index in [1.165, 1.54) is 0 Å². The first-order valence-electron chi connectivity index (χ1n) is 12.9. The van der Waals surface area contributed by atoms with Gasteiger partial charge in [0.25, 0.3) is 0 Å². The maximum atomic E-state index is 12.8. The predicted molar refractivity (Wildman–Crippen MR) is 141 cm³/mol. The van der Waals surface area contributed by atoms with Gasteiger partial charge in [-0.05, 0) is 84.9 Å². The number of hydrogen-bond acceptors (Lipinski definition) is 5. The van der Waals surface area contributed by atoms with Crippen LogP contribution in [0, 0.1) is 11.8 Å². The summed E-state index contributed by atoms with van der Waals surface area (Å²) in [5, 5.41) is 0. The summed E-state index contributed by atoms with van der Waals surface area (Å²) in [6.07, 6.45) is 4.86. The molecule has 0 heterocycles. The molecule has 32 heavy (non-hydrogen) atoms. The lowest BCUT2D eigenvalue weighted by Crippen LogP contribution is -2.36. The fourth-order valence-electron chi connectivity index (χ4n) is 4.45. The van der Waals surface area contributed by atoms with Crippen molar-refractivity contribution in [2.24, 2.45) is 11.8 Å². The van der Waals surface area contributed by atoms with E-state index < -0.39 is 16.6 Å². The molecule has 0 fully saturated rings. The molecule has 190 valence electrons. The maximum Gasteiger partial charge on any atom is 0.186 e. The molecule has 2 unspecified atom stereocenters. The molecule has 0 rings (SSSR count). The van der Waals surface area contributed by atoms with Gasteiger partial charge in [0.2, 0.25) is 0 Å². The summed E-state index contributed by atoms with van der Waals surface area (Å²) in [5.41, 5.74) is 0. The Balaban J connectivity index is 4.54. The van der Waals surface area contributed by atoms with Crippen molar-refractivity contribution in [3.8, 4) is 0 Å². The Hall–Kier alpha value is -0.346. The van der Waals surface area contributed by atoms with Crippen LogP contribution in [0.5, 0.6) is 0 Å². The molecule has 0 aliphatic rings. The van der Waals surface area contributed by atoms with Crippen molar-refractivity contribution in [1.82, 2.24) is 4.90 Å². The van der Waals surface area contributed by atoms with Crippen molar-refractivity contribution in [3.63, 3.8) is 0 Å². The molecule has 0 aliphatic carbocycles. The fraction of sp³-hybridized carbons (Fsp3) is 0.920. The summed E-state index contributed by atoms with van der Waals surface area (Å²) in [7, 11) is -1.18. The largest absolute Gasteiger partial charge is 0.418 e. The average molecular weight is 488 g/mol. The van der Waals surface area contributed by atoms with Crippen molar-refractivity contribution < 1.29 is 18.4 Å². The molecular formula is C25H53NO4Si2. The van der Waals surface area contributed by atoms with Crippen LogP contribution in [0.25, 0.3) is 0 Å². The zero-order chi connectivity index (χ0) is 24.8. The van der Waals surface area contributed by atoms with Crippen molar-refractivity contribution in [2.75, 3.05) is 33.4 Å². The van der Waals surface area contributed by atoms with E-state index in [0.717, 1.165) is 64.1 Å². The summed E-state index contributed by atoms with van der Waals surface area (Å²) in [6, 6.07) is 2.07. The molecule has 0 N–H and O–H groups in total. The summed E-state index contributed by atoms with van der Waals surface area (Å²) in [4.78, 5) is 27.8. The molecule has 0 aliphatic heterocycles. The maximum absolute atomic E-state index is 12.8. The number of hydrogen-bond donors (Lipinski definition) is 0. The molecule has 0 bridgehead atoms. The van der Waals surface area contributed by atoms with Gasteiger partial charge in [0, 0.05) is 51.0 Å². The zero-order valence-electron chi connectivity index (χ0n) is 22.7. The van der Waals surface area contributed by atoms with Crippen molar-refractivity contribution >= 4 is 28.2 Å². The fourth-order valence-corrected chi connectivity index (χ4v) is 8.36. The minimum absolute atomic E-state index is 0.0578. The molecule has 7 heteroatoms. The molecule has 0 spiro atoms. The molecule has 0 saturated carbocycles. The molecular weight excluding hydrogens is 434 g/mol. The van der Waals surface area contributed by atoms with Crippen molar-refractivity contribution in [3.05, 3.63) is 0 Å². The van der Waals surface area contributed by atoms with Crippen LogP contribution in [0.2, 0.25) is 38.3 Å². The minimum atomic E-state index is -1.62. The first-order chi connectivity index (χ1) is 14.9. The summed E-state index contributed by atoms with van der Waals surface area (Å²) >= 11 is 0. The van der Waals surface area contributed by atoms with Gasteiger partial charge in [0.05, 0.1) is 0 Å². The highest BCUT2D eigenvalue weighted by atomic mass is 28.4. The van der Waals surface area contributed by atoms with Crippen molar-refractivity contribution in [1.29, 1.82) is 0 Å². The third-order valence-corrected chi connectivity index (χ3v) is 11.7. The second kappa shape index (κ2) is 16.3. The van der Waals surface area contributed by atoms with Crippen LogP contribution in [0.4, 0.5) is 0 Å². The topological polar surface area (TPSA) is 55.8 Å². The molecule has 0 aromatic heterocycles. The second-order valence-electron chi connectivity index (χ2n) is 10.5. The van der Waals surface area contributed by atoms with Gasteiger partial charge in [-0.2, -0.15) is 0 Å². The van der Waals surface area contributed by atoms with Crippen LogP contribution >= 0.6 is 0 Å². The Morgan fingerprint density at radius 2 is 1.06 bits per heavy atom. The smallest absolute Gasteiger partial charge is 0.186 e. The third-order valence-electron chi connectivity index (χ3n) is 6.43. The normalized spacial score (nSPS) is 14.6. The second-order valence-corrected chi connectivity index (χ2v) is 19.1. The Labute approximate surface area is 201 Å². The number of rotatable bonds is 20. The summed E-state index contributed by atoms with van der Waals surface area (Å²) in [6.45, 7) is 20.2. The van der Waals surface area contributed by atoms with Crippen LogP contribution in [0.15, 0.2) is 0 Å². The predicted octanol–water partition coefficient (Wildman–Crippen LogP) is 6.15. The summed E-state index contributed by atoms with van der Waals surface area (Å²) < 4.78 is 11.8. The van der Waals surface area contributed by atoms with Gasteiger partial charge in [0.1, 0.15) is 11.6 Å². The highest BCUT2D eigenvalue weighted by Gasteiger charge is 2.26. The quantitative estimate of drug-likeness (QED) is 0.193. The van der Waals surface area contributed by atoms with Crippen LogP contribution in [-0.4, -0.2) is 66.5 Å². The van der Waals surface area contributed by atoms with E-state index in [9.17, 15) is 9.59 Å². The van der Waals surface area contributed by atoms with E-state index >= 15 is 0 Å². The van der Waals surface area contributed by atoms with E-state index in [2.05, 4.69) is 52.0 Å². The van der Waals surface area contributed by atoms with Crippen molar-refractivity contribution in [2.45, 2.75) is 104 Å². The Bertz CT molecular complexity index is 494. The molecule has 0 amide bonds. The van der Waals surface area contributed by atoms with Gasteiger partial charge in [-0.25, -0.2) is 0 Å². The molecule has 0 aromatic rings. The SMILES string of the molecule is CCO[Si](C)(C)CCCC(=O)C(CC)CN(C)CC(CC)C(=O)CCC[Si](C)(C)OCC. The Morgan fingerprint density at radius 3 is 1.34 bits per heavy atom. The van der Waals surface area contributed by atoms with Crippen LogP contribution in [0.3, 0.4) is 0 Å². The lowest BCUT2D eigenvalue weighted by atomic mass is 9.94. The number of carbonyl (C=O) groups excluding carboxylic acids is 2. The summed E-state index contributed by atoms with van der Waals surface area (Å²) in [5.74, 6) is 0.844. The van der Waals surface area contributed by atoms with Gasteiger partial charge in [-0.1, -0.05) is 13.8 Å². The molecule has 0 aromatic carbocycles. The number of carbonyl (C=O) groups is 2. The zero-order valence-corrected chi connectivity index (χ0v) is 24.7. The highest BCUT2D eigenvalue weighted by molar-refractivity contribution is 6.71. The van der Waals surface area contributed by atoms with E-state index in [0.29, 0.717) is 24.4 Å². The highest BCUT2D eigenvalue weighted by Crippen LogP contribution is 2.20. The lowest BCUT2D eigenvalue weighted by molar-refractivity contribution is -0.124. The minimum Gasteiger partial charge on any atom is -0.418 e. The van der Waals surface area contributed by atoms with E-state index in [4.69, 9.17) is 8.85 Å². The first-order valence-corrected chi connectivity index (χ1v) is 19.2. The van der Waals surface area contributed by atoms with Crippen LogP contribution < -0.4 is 0 Å². The van der Waals surface area contributed by atoms with E-state index in [1.54, 1.807) is 0 Å². The Morgan fingerprint density at radius 1 is 0.719 bits per heavy atom. The van der Waals surface area contributed by atoms with E-state index in [1.807, 2.05) is 13.8 Å². The van der Waals surface area contributed by atoms with E-state index in [-0.39, 0.29) is 11.8 Å². The van der Waals surface area contributed by atoms with Gasteiger partial charge < -0.3 is 13.8 Å². The van der Waals surface area contributed by atoms with Crippen LogP contribution in [0.1, 0.15) is 66.2 Å². The standard InChI is InChI=1S/C25H53NO4Si2/c1-10-22(24(27)16-14-18-31(6,7)29-12-3)20-26(5)21-23(11-2)25(28)17-15-19-32(8,9)30-13-4/h22-23H,10-21H2,1-9H3. The number of Topliss-reactive ketones (excluding diaryl/α,β-unsaturated/α-hetero) is 2. The van der Waals surface area contributed by atoms with Gasteiger partial charge in [0.15, 0.2) is 16.6 Å². The number of ketones is 2. The third kappa shape index (κ3) is 14.0. The first kappa shape index (κ1) is 31.7. The average Bonchev–Trinajstić information content (AvgIpc) is 2.69. The monoisotopic (exact) mass is 487 g/mol. The molecule has 2 atom stereocenters. The molecule has 0 saturated heterocycles. The molecule has 5 nitrogen and oxygen atoms in total. The van der Waals surface area contributed by atoms with Gasteiger partial charge in [-0.15, -0.1) is 0 Å². The van der Waals surface area contributed by atoms with Gasteiger partial charge >= 0.3 is 0 Å². The van der Waals surface area contributed by atoms with Crippen LogP contribution in [-0.2, 0) is 18.4 Å². The number of nitrogens with zero attached hydrogens (tertiary/aromatic N) is 1. The lowest BCUT2D eigenvalue weighted by Gasteiger charge is -2.27. The van der Waals surface area contributed by atoms with Gasteiger partial charge in [-0.3, -0.25) is 9.59 Å². The Kier molecular flexibility index (Phi) is 16.1. The molecule has 0 radical (unpaired) electrons.